The molecule has 1 aliphatic heterocycles. The summed E-state index contributed by atoms with van der Waals surface area (Å²) < 4.78 is 0. The largest absolute Gasteiger partial charge is 0.327 e. The van der Waals surface area contributed by atoms with E-state index < -0.39 is 0 Å². The van der Waals surface area contributed by atoms with Crippen molar-refractivity contribution in [2.75, 3.05) is 4.90 Å². The molecule has 2 unspecified atom stereocenters. The van der Waals surface area contributed by atoms with Gasteiger partial charge in [-0.25, -0.2) is 0 Å². The number of hydrogen-bond donors (Lipinski definition) is 1. The first-order valence-corrected chi connectivity index (χ1v) is 12.2. The summed E-state index contributed by atoms with van der Waals surface area (Å²) in [7, 11) is 0. The zero-order chi connectivity index (χ0) is 20.8. The van der Waals surface area contributed by atoms with Crippen molar-refractivity contribution in [2.45, 2.75) is 110 Å². The normalized spacial score (nSPS) is 25.1. The molecule has 0 aromatic heterocycles. The van der Waals surface area contributed by atoms with Gasteiger partial charge in [0.15, 0.2) is 0 Å². The highest BCUT2D eigenvalue weighted by Gasteiger charge is 2.36. The highest BCUT2D eigenvalue weighted by Crippen LogP contribution is 2.38. The summed E-state index contributed by atoms with van der Waals surface area (Å²) in [5, 5.41) is 0. The van der Waals surface area contributed by atoms with E-state index in [2.05, 4.69) is 43.9 Å². The SMILES string of the molecule is CCCCC(N)Cc1ccc2c(c1)CC(C)N2C(=O)C1CCC(CCCC)CC1. The van der Waals surface area contributed by atoms with Crippen molar-refractivity contribution in [3.63, 3.8) is 0 Å². The van der Waals surface area contributed by atoms with Gasteiger partial charge in [0, 0.05) is 23.7 Å². The molecule has 1 fully saturated rings. The minimum atomic E-state index is 0.225. The molecule has 3 heteroatoms. The Labute approximate surface area is 178 Å². The molecular weight excluding hydrogens is 356 g/mol. The molecule has 0 saturated heterocycles. The number of fused-ring (bicyclic) bond motifs is 1. The van der Waals surface area contributed by atoms with Crippen LogP contribution in [0.3, 0.4) is 0 Å². The van der Waals surface area contributed by atoms with Crippen LogP contribution in [0.1, 0.15) is 96.1 Å². The van der Waals surface area contributed by atoms with Crippen LogP contribution in [0.2, 0.25) is 0 Å². The van der Waals surface area contributed by atoms with Crippen LogP contribution in [0.15, 0.2) is 18.2 Å². The standard InChI is InChI=1S/C26H42N2O/c1-4-6-8-20-10-13-22(14-11-20)26(29)28-19(3)16-23-17-21(12-15-25(23)28)18-24(27)9-7-5-2/h12,15,17,19-20,22,24H,4-11,13-14,16,18,27H2,1-3H3. The average molecular weight is 399 g/mol. The first-order chi connectivity index (χ1) is 14.0. The fraction of sp³-hybridized carbons (Fsp3) is 0.731. The second-order valence-electron chi connectivity index (χ2n) is 9.69. The van der Waals surface area contributed by atoms with Gasteiger partial charge in [-0.05, 0) is 75.0 Å². The predicted octanol–water partition coefficient (Wildman–Crippen LogP) is 6.02. The molecule has 1 amide bonds. The lowest BCUT2D eigenvalue weighted by Crippen LogP contribution is -2.41. The molecule has 1 saturated carbocycles. The summed E-state index contributed by atoms with van der Waals surface area (Å²) in [5.74, 6) is 1.45. The second kappa shape index (κ2) is 10.6. The third-order valence-corrected chi connectivity index (χ3v) is 7.19. The molecule has 2 N–H and O–H groups in total. The van der Waals surface area contributed by atoms with E-state index in [-0.39, 0.29) is 18.0 Å². The summed E-state index contributed by atoms with van der Waals surface area (Å²) in [6, 6.07) is 7.22. The van der Waals surface area contributed by atoms with Crippen LogP contribution in [-0.2, 0) is 17.6 Å². The fourth-order valence-electron chi connectivity index (χ4n) is 5.41. The summed E-state index contributed by atoms with van der Waals surface area (Å²) in [4.78, 5) is 15.5. The second-order valence-corrected chi connectivity index (χ2v) is 9.69. The number of amides is 1. The Morgan fingerprint density at radius 2 is 1.86 bits per heavy atom. The van der Waals surface area contributed by atoms with Crippen LogP contribution in [0.5, 0.6) is 0 Å². The Balaban J connectivity index is 1.61. The molecule has 3 nitrogen and oxygen atoms in total. The van der Waals surface area contributed by atoms with E-state index in [1.165, 1.54) is 56.1 Å². The van der Waals surface area contributed by atoms with Gasteiger partial charge >= 0.3 is 0 Å². The van der Waals surface area contributed by atoms with Crippen molar-refractivity contribution in [2.24, 2.45) is 17.6 Å². The molecule has 2 atom stereocenters. The van der Waals surface area contributed by atoms with E-state index in [1.54, 1.807) is 0 Å². The van der Waals surface area contributed by atoms with Crippen molar-refractivity contribution in [1.29, 1.82) is 0 Å². The molecule has 29 heavy (non-hydrogen) atoms. The molecule has 0 radical (unpaired) electrons. The lowest BCUT2D eigenvalue weighted by molar-refractivity contribution is -0.123. The summed E-state index contributed by atoms with van der Waals surface area (Å²) in [6.45, 7) is 6.69. The smallest absolute Gasteiger partial charge is 0.230 e. The predicted molar refractivity (Wildman–Crippen MR) is 123 cm³/mol. The number of nitrogens with two attached hydrogens (primary N) is 1. The number of carbonyl (C=O) groups is 1. The highest BCUT2D eigenvalue weighted by molar-refractivity contribution is 5.97. The molecule has 1 aliphatic carbocycles. The van der Waals surface area contributed by atoms with E-state index in [4.69, 9.17) is 5.73 Å². The molecule has 0 bridgehead atoms. The molecular formula is C26H42N2O. The van der Waals surface area contributed by atoms with Gasteiger partial charge in [-0.2, -0.15) is 0 Å². The summed E-state index contributed by atoms with van der Waals surface area (Å²) in [5.41, 5.74) is 10.1. The van der Waals surface area contributed by atoms with Crippen molar-refractivity contribution < 1.29 is 4.79 Å². The molecule has 3 rings (SSSR count). The Morgan fingerprint density at radius 1 is 1.14 bits per heavy atom. The molecule has 2 aliphatic rings. The third-order valence-electron chi connectivity index (χ3n) is 7.19. The third kappa shape index (κ3) is 5.63. The van der Waals surface area contributed by atoms with Gasteiger partial charge < -0.3 is 10.6 Å². The minimum Gasteiger partial charge on any atom is -0.327 e. The fourth-order valence-corrected chi connectivity index (χ4v) is 5.41. The maximum atomic E-state index is 13.4. The van der Waals surface area contributed by atoms with Gasteiger partial charge in [-0.15, -0.1) is 0 Å². The number of nitrogens with zero attached hydrogens (tertiary/aromatic N) is 1. The maximum Gasteiger partial charge on any atom is 0.230 e. The van der Waals surface area contributed by atoms with Crippen LogP contribution in [-0.4, -0.2) is 18.0 Å². The number of carbonyl (C=O) groups excluding carboxylic acids is 1. The van der Waals surface area contributed by atoms with Crippen molar-refractivity contribution in [3.8, 4) is 0 Å². The van der Waals surface area contributed by atoms with Crippen LogP contribution < -0.4 is 10.6 Å². The zero-order valence-corrected chi connectivity index (χ0v) is 19.0. The molecule has 162 valence electrons. The first kappa shape index (κ1) is 22.3. The maximum absolute atomic E-state index is 13.4. The quantitative estimate of drug-likeness (QED) is 0.553. The lowest BCUT2D eigenvalue weighted by Gasteiger charge is -2.32. The Morgan fingerprint density at radius 3 is 2.55 bits per heavy atom. The van der Waals surface area contributed by atoms with Gasteiger partial charge in [-0.3, -0.25) is 4.79 Å². The Hall–Kier alpha value is -1.35. The number of rotatable bonds is 9. The van der Waals surface area contributed by atoms with E-state index in [1.807, 2.05) is 0 Å². The van der Waals surface area contributed by atoms with E-state index in [0.717, 1.165) is 43.7 Å². The van der Waals surface area contributed by atoms with Gasteiger partial charge in [-0.1, -0.05) is 58.1 Å². The molecule has 1 aromatic rings. The number of hydrogen-bond acceptors (Lipinski definition) is 2. The minimum absolute atomic E-state index is 0.225. The van der Waals surface area contributed by atoms with Crippen molar-refractivity contribution >= 4 is 11.6 Å². The average Bonchev–Trinajstić information content (AvgIpc) is 3.05. The summed E-state index contributed by atoms with van der Waals surface area (Å²) >= 11 is 0. The van der Waals surface area contributed by atoms with Gasteiger partial charge in [0.2, 0.25) is 5.91 Å². The van der Waals surface area contributed by atoms with Crippen LogP contribution in [0, 0.1) is 11.8 Å². The Kier molecular flexibility index (Phi) is 8.17. The topological polar surface area (TPSA) is 46.3 Å². The number of benzene rings is 1. The molecule has 1 aromatic carbocycles. The van der Waals surface area contributed by atoms with Gasteiger partial charge in [0.05, 0.1) is 0 Å². The van der Waals surface area contributed by atoms with Crippen LogP contribution in [0.4, 0.5) is 5.69 Å². The monoisotopic (exact) mass is 398 g/mol. The lowest BCUT2D eigenvalue weighted by atomic mass is 9.79. The first-order valence-electron chi connectivity index (χ1n) is 12.2. The summed E-state index contributed by atoms with van der Waals surface area (Å²) in [6.07, 6.45) is 14.0. The van der Waals surface area contributed by atoms with Crippen LogP contribution in [0.25, 0.3) is 0 Å². The number of unbranched alkanes of at least 4 members (excludes halogenated alkanes) is 2. The molecule has 1 heterocycles. The van der Waals surface area contributed by atoms with Crippen molar-refractivity contribution in [3.05, 3.63) is 29.3 Å². The van der Waals surface area contributed by atoms with Crippen molar-refractivity contribution in [1.82, 2.24) is 0 Å². The van der Waals surface area contributed by atoms with E-state index in [9.17, 15) is 4.79 Å². The van der Waals surface area contributed by atoms with Gasteiger partial charge in [0.25, 0.3) is 0 Å². The number of anilines is 1. The molecule has 0 spiro atoms. The van der Waals surface area contributed by atoms with E-state index in [0.29, 0.717) is 5.91 Å². The highest BCUT2D eigenvalue weighted by atomic mass is 16.2. The zero-order valence-electron chi connectivity index (χ0n) is 19.0. The van der Waals surface area contributed by atoms with E-state index >= 15 is 0 Å². The Bertz CT molecular complexity index is 663. The van der Waals surface area contributed by atoms with Gasteiger partial charge in [0.1, 0.15) is 0 Å². The van der Waals surface area contributed by atoms with Crippen LogP contribution >= 0.6 is 0 Å².